The number of halogens is 1. The molecule has 1 fully saturated rings. The van der Waals surface area contributed by atoms with Crippen LogP contribution in [-0.4, -0.2) is 42.0 Å². The molecule has 2 amide bonds. The Hall–Kier alpha value is -3.37. The molecule has 0 aliphatic carbocycles. The van der Waals surface area contributed by atoms with Crippen molar-refractivity contribution in [2.24, 2.45) is 0 Å². The van der Waals surface area contributed by atoms with Crippen LogP contribution in [0.2, 0.25) is 5.02 Å². The van der Waals surface area contributed by atoms with E-state index in [0.29, 0.717) is 45.4 Å². The summed E-state index contributed by atoms with van der Waals surface area (Å²) in [7, 11) is 0. The lowest BCUT2D eigenvalue weighted by Crippen LogP contribution is -2.24. The molecule has 3 heterocycles. The zero-order valence-corrected chi connectivity index (χ0v) is 19.1. The van der Waals surface area contributed by atoms with E-state index in [0.717, 1.165) is 11.3 Å². The first-order valence-corrected chi connectivity index (χ1v) is 11.4. The molecule has 170 valence electrons. The van der Waals surface area contributed by atoms with E-state index in [1.54, 1.807) is 29.2 Å². The van der Waals surface area contributed by atoms with E-state index in [9.17, 15) is 9.59 Å². The molecule has 9 nitrogen and oxygen atoms in total. The Bertz CT molecular complexity index is 1230. The Kier molecular flexibility index (Phi) is 5.77. The van der Waals surface area contributed by atoms with Gasteiger partial charge in [-0.1, -0.05) is 29.0 Å². The highest BCUT2D eigenvalue weighted by molar-refractivity contribution is 7.15. The number of nitrogens with one attached hydrogen (secondary N) is 1. The summed E-state index contributed by atoms with van der Waals surface area (Å²) in [6.07, 6.45) is 0.321. The van der Waals surface area contributed by atoms with E-state index in [4.69, 9.17) is 25.8 Å². The highest BCUT2D eigenvalue weighted by Gasteiger charge is 2.34. The second kappa shape index (κ2) is 8.87. The fourth-order valence-corrected chi connectivity index (χ4v) is 4.62. The summed E-state index contributed by atoms with van der Waals surface area (Å²) in [5.74, 6) is 1.24. The standard InChI is InChI=1S/C22H19ClN4O5S/c1-12-2-3-14(7-16(12)23)27-9-13(6-20(27)29)21-25-26-22(33-21)24-19(28)10-30-15-4-5-17-18(8-15)32-11-31-17/h2-5,7-8,13H,6,9-11H2,1H3,(H,24,26,28). The lowest BCUT2D eigenvalue weighted by atomic mass is 10.1. The third-order valence-electron chi connectivity index (χ3n) is 5.34. The number of hydrogen-bond acceptors (Lipinski definition) is 8. The highest BCUT2D eigenvalue weighted by Crippen LogP contribution is 2.36. The van der Waals surface area contributed by atoms with Crippen molar-refractivity contribution in [1.29, 1.82) is 0 Å². The van der Waals surface area contributed by atoms with E-state index in [2.05, 4.69) is 15.5 Å². The molecule has 1 unspecified atom stereocenters. The van der Waals surface area contributed by atoms with Crippen LogP contribution >= 0.6 is 22.9 Å². The molecule has 11 heteroatoms. The summed E-state index contributed by atoms with van der Waals surface area (Å²) in [4.78, 5) is 26.5. The lowest BCUT2D eigenvalue weighted by Gasteiger charge is -2.17. The van der Waals surface area contributed by atoms with Gasteiger partial charge in [0, 0.05) is 35.7 Å². The topological polar surface area (TPSA) is 103 Å². The van der Waals surface area contributed by atoms with Gasteiger partial charge in [0.1, 0.15) is 10.8 Å². The predicted molar refractivity (Wildman–Crippen MR) is 122 cm³/mol. The van der Waals surface area contributed by atoms with Crippen LogP contribution in [0.25, 0.3) is 0 Å². The molecule has 1 atom stereocenters. The van der Waals surface area contributed by atoms with Crippen molar-refractivity contribution in [3.63, 3.8) is 0 Å². The minimum absolute atomic E-state index is 0.00201. The molecule has 0 saturated carbocycles. The largest absolute Gasteiger partial charge is 0.484 e. The maximum Gasteiger partial charge on any atom is 0.264 e. The van der Waals surface area contributed by atoms with Gasteiger partial charge in [-0.15, -0.1) is 10.2 Å². The minimum atomic E-state index is -0.367. The van der Waals surface area contributed by atoms with E-state index in [1.165, 1.54) is 11.3 Å². The third kappa shape index (κ3) is 4.57. The monoisotopic (exact) mass is 486 g/mol. The molecule has 1 N–H and O–H groups in total. The zero-order chi connectivity index (χ0) is 22.9. The maximum atomic E-state index is 12.6. The van der Waals surface area contributed by atoms with Crippen molar-refractivity contribution in [2.45, 2.75) is 19.3 Å². The number of fused-ring (bicyclic) bond motifs is 1. The number of ether oxygens (including phenoxy) is 3. The SMILES string of the molecule is Cc1ccc(N2CC(c3nnc(NC(=O)COc4ccc5c(c4)OCO5)s3)CC2=O)cc1Cl. The Morgan fingerprint density at radius 3 is 2.94 bits per heavy atom. The van der Waals surface area contributed by atoms with E-state index < -0.39 is 0 Å². The summed E-state index contributed by atoms with van der Waals surface area (Å²) in [5, 5.41) is 12.6. The quantitative estimate of drug-likeness (QED) is 0.565. The smallest absolute Gasteiger partial charge is 0.264 e. The molecule has 33 heavy (non-hydrogen) atoms. The van der Waals surface area contributed by atoms with Gasteiger partial charge in [0.15, 0.2) is 18.1 Å². The van der Waals surface area contributed by atoms with Crippen molar-refractivity contribution >= 4 is 45.6 Å². The van der Waals surface area contributed by atoms with Crippen molar-refractivity contribution < 1.29 is 23.8 Å². The highest BCUT2D eigenvalue weighted by atomic mass is 35.5. The molecule has 1 saturated heterocycles. The number of amides is 2. The fourth-order valence-electron chi connectivity index (χ4n) is 3.59. The van der Waals surface area contributed by atoms with Crippen LogP contribution < -0.4 is 24.4 Å². The normalized spacial score (nSPS) is 16.8. The molecule has 1 aromatic heterocycles. The molecule has 5 rings (SSSR count). The van der Waals surface area contributed by atoms with Crippen LogP contribution in [0.3, 0.4) is 0 Å². The number of carbonyl (C=O) groups is 2. The van der Waals surface area contributed by atoms with Crippen LogP contribution in [0, 0.1) is 6.92 Å². The number of anilines is 2. The van der Waals surface area contributed by atoms with Gasteiger partial charge in [-0.05, 0) is 36.8 Å². The van der Waals surface area contributed by atoms with Gasteiger partial charge in [-0.3, -0.25) is 14.9 Å². The van der Waals surface area contributed by atoms with Gasteiger partial charge in [0.2, 0.25) is 17.8 Å². The molecule has 2 aromatic carbocycles. The second-order valence-electron chi connectivity index (χ2n) is 7.64. The van der Waals surface area contributed by atoms with Crippen molar-refractivity contribution in [3.05, 3.63) is 52.0 Å². The van der Waals surface area contributed by atoms with Gasteiger partial charge in [0.25, 0.3) is 5.91 Å². The van der Waals surface area contributed by atoms with Crippen LogP contribution in [0.1, 0.15) is 22.9 Å². The number of aryl methyl sites for hydroxylation is 1. The molecule has 2 aliphatic rings. The van der Waals surface area contributed by atoms with E-state index in [-0.39, 0.29) is 31.1 Å². The Labute approximate surface area is 198 Å². The molecular weight excluding hydrogens is 468 g/mol. The zero-order valence-electron chi connectivity index (χ0n) is 17.5. The van der Waals surface area contributed by atoms with Crippen LogP contribution in [-0.2, 0) is 9.59 Å². The molecule has 0 spiro atoms. The minimum Gasteiger partial charge on any atom is -0.484 e. The molecule has 2 aliphatic heterocycles. The Balaban J connectivity index is 1.17. The molecule has 0 radical (unpaired) electrons. The maximum absolute atomic E-state index is 12.6. The summed E-state index contributed by atoms with van der Waals surface area (Å²) in [6.45, 7) is 2.37. The summed E-state index contributed by atoms with van der Waals surface area (Å²) >= 11 is 7.46. The fraction of sp³-hybridized carbons (Fsp3) is 0.273. The van der Waals surface area contributed by atoms with Gasteiger partial charge in [0.05, 0.1) is 0 Å². The van der Waals surface area contributed by atoms with Crippen LogP contribution in [0.4, 0.5) is 10.8 Å². The van der Waals surface area contributed by atoms with E-state index >= 15 is 0 Å². The van der Waals surface area contributed by atoms with Crippen molar-refractivity contribution in [3.8, 4) is 17.2 Å². The predicted octanol–water partition coefficient (Wildman–Crippen LogP) is 3.77. The number of nitrogens with zero attached hydrogens (tertiary/aromatic N) is 3. The van der Waals surface area contributed by atoms with E-state index in [1.807, 2.05) is 19.1 Å². The molecule has 3 aromatic rings. The lowest BCUT2D eigenvalue weighted by molar-refractivity contribution is -0.118. The summed E-state index contributed by atoms with van der Waals surface area (Å²) in [5.41, 5.74) is 1.72. The summed E-state index contributed by atoms with van der Waals surface area (Å²) in [6, 6.07) is 10.7. The van der Waals surface area contributed by atoms with Gasteiger partial charge in [-0.25, -0.2) is 0 Å². The van der Waals surface area contributed by atoms with Crippen LogP contribution in [0.5, 0.6) is 17.2 Å². The molecule has 0 bridgehead atoms. The summed E-state index contributed by atoms with van der Waals surface area (Å²) < 4.78 is 16.1. The number of carbonyl (C=O) groups excluding carboxylic acids is 2. The first-order valence-electron chi connectivity index (χ1n) is 10.2. The Morgan fingerprint density at radius 1 is 1.24 bits per heavy atom. The first kappa shape index (κ1) is 21.5. The number of aromatic nitrogens is 2. The number of rotatable bonds is 6. The Morgan fingerprint density at radius 2 is 2.09 bits per heavy atom. The van der Waals surface area contributed by atoms with Crippen molar-refractivity contribution in [1.82, 2.24) is 10.2 Å². The van der Waals surface area contributed by atoms with Gasteiger partial charge >= 0.3 is 0 Å². The van der Waals surface area contributed by atoms with Gasteiger partial charge in [-0.2, -0.15) is 0 Å². The second-order valence-corrected chi connectivity index (χ2v) is 9.05. The number of hydrogen-bond donors (Lipinski definition) is 1. The third-order valence-corrected chi connectivity index (χ3v) is 6.75. The average molecular weight is 487 g/mol. The van der Waals surface area contributed by atoms with Crippen molar-refractivity contribution in [2.75, 3.05) is 30.2 Å². The number of benzene rings is 2. The van der Waals surface area contributed by atoms with Gasteiger partial charge < -0.3 is 19.1 Å². The first-order chi connectivity index (χ1) is 16.0. The average Bonchev–Trinajstić information content (AvgIpc) is 3.53. The van der Waals surface area contributed by atoms with Crippen LogP contribution in [0.15, 0.2) is 36.4 Å². The molecular formula is C22H19ClN4O5S.